The van der Waals surface area contributed by atoms with Gasteiger partial charge in [0.25, 0.3) is 0 Å². The summed E-state index contributed by atoms with van der Waals surface area (Å²) in [6, 6.07) is 8.87. The smallest absolute Gasteiger partial charge is 0.196 e. The number of hydrogen-bond acceptors (Lipinski definition) is 2. The number of hydrogen-bond donors (Lipinski definition) is 0. The van der Waals surface area contributed by atoms with Crippen LogP contribution in [0, 0.1) is 5.82 Å². The molecule has 2 nitrogen and oxygen atoms in total. The average molecular weight is 344 g/mol. The van der Waals surface area contributed by atoms with E-state index < -0.39 is 11.6 Å². The lowest BCUT2D eigenvalue weighted by atomic mass is 10.0. The lowest BCUT2D eigenvalue weighted by molar-refractivity contribution is 0.103. The number of benzene rings is 2. The molecular formula is C14H9BrClFO2. The highest BCUT2D eigenvalue weighted by atomic mass is 79.9. The second kappa shape index (κ2) is 5.72. The minimum absolute atomic E-state index is 0.00701. The molecule has 0 bridgehead atoms. The molecule has 0 N–H and O–H groups in total. The average Bonchev–Trinajstić information content (AvgIpc) is 2.38. The van der Waals surface area contributed by atoms with Gasteiger partial charge >= 0.3 is 0 Å². The quantitative estimate of drug-likeness (QED) is 0.768. The molecule has 2 rings (SSSR count). The lowest BCUT2D eigenvalue weighted by Crippen LogP contribution is -2.04. The minimum atomic E-state index is -0.576. The minimum Gasteiger partial charge on any atom is -0.495 e. The van der Waals surface area contributed by atoms with Crippen molar-refractivity contribution in [2.45, 2.75) is 0 Å². The summed E-state index contributed by atoms with van der Waals surface area (Å²) in [5.41, 5.74) is 0.329. The van der Waals surface area contributed by atoms with Crippen LogP contribution in [-0.2, 0) is 0 Å². The van der Waals surface area contributed by atoms with E-state index in [2.05, 4.69) is 15.9 Å². The molecule has 0 aliphatic heterocycles. The molecule has 2 aromatic carbocycles. The summed E-state index contributed by atoms with van der Waals surface area (Å²) in [5.74, 6) is -0.613. The topological polar surface area (TPSA) is 26.3 Å². The first kappa shape index (κ1) is 14.0. The summed E-state index contributed by atoms with van der Waals surface area (Å²) in [4.78, 5) is 12.2. The number of ether oxygens (including phenoxy) is 1. The highest BCUT2D eigenvalue weighted by Crippen LogP contribution is 2.27. The Hall–Kier alpha value is -1.39. The van der Waals surface area contributed by atoms with Crippen molar-refractivity contribution in [1.82, 2.24) is 0 Å². The second-order valence-electron chi connectivity index (χ2n) is 3.80. The zero-order chi connectivity index (χ0) is 14.0. The van der Waals surface area contributed by atoms with Gasteiger partial charge < -0.3 is 4.74 Å². The Morgan fingerprint density at radius 2 is 2.00 bits per heavy atom. The van der Waals surface area contributed by atoms with E-state index in [0.29, 0.717) is 20.8 Å². The molecule has 5 heteroatoms. The van der Waals surface area contributed by atoms with Crippen LogP contribution in [0.15, 0.2) is 40.9 Å². The Bertz CT molecular complexity index is 643. The predicted molar refractivity (Wildman–Crippen MR) is 75.5 cm³/mol. The maximum Gasteiger partial charge on any atom is 0.196 e. The van der Waals surface area contributed by atoms with Crippen molar-refractivity contribution < 1.29 is 13.9 Å². The molecule has 0 fully saturated rings. The van der Waals surface area contributed by atoms with Crippen LogP contribution in [0.3, 0.4) is 0 Å². The van der Waals surface area contributed by atoms with E-state index in [1.54, 1.807) is 12.1 Å². The van der Waals surface area contributed by atoms with Crippen LogP contribution >= 0.6 is 27.5 Å². The first-order chi connectivity index (χ1) is 9.02. The van der Waals surface area contributed by atoms with Crippen LogP contribution in [0.5, 0.6) is 5.75 Å². The van der Waals surface area contributed by atoms with Gasteiger partial charge in [-0.1, -0.05) is 27.5 Å². The van der Waals surface area contributed by atoms with Gasteiger partial charge in [-0.15, -0.1) is 0 Å². The van der Waals surface area contributed by atoms with Crippen molar-refractivity contribution in [3.05, 3.63) is 62.8 Å². The van der Waals surface area contributed by atoms with E-state index in [4.69, 9.17) is 16.3 Å². The number of carbonyl (C=O) groups is 1. The molecule has 19 heavy (non-hydrogen) atoms. The maximum atomic E-state index is 13.7. The van der Waals surface area contributed by atoms with Crippen molar-refractivity contribution in [2.75, 3.05) is 7.11 Å². The SMILES string of the molecule is COc1cc(C(=O)c2ccc(Br)cc2F)ccc1Cl. The van der Waals surface area contributed by atoms with E-state index in [1.807, 2.05) is 0 Å². The van der Waals surface area contributed by atoms with Crippen molar-refractivity contribution >= 4 is 33.3 Å². The standard InChI is InChI=1S/C14H9BrClFO2/c1-19-13-6-8(2-5-11(13)16)14(18)10-4-3-9(15)7-12(10)17/h2-7H,1H3. The molecule has 0 amide bonds. The first-order valence-corrected chi connectivity index (χ1v) is 6.53. The Morgan fingerprint density at radius 1 is 1.26 bits per heavy atom. The summed E-state index contributed by atoms with van der Waals surface area (Å²) in [5, 5.41) is 0.398. The highest BCUT2D eigenvalue weighted by molar-refractivity contribution is 9.10. The van der Waals surface area contributed by atoms with Crippen LogP contribution in [0.25, 0.3) is 0 Å². The number of ketones is 1. The van der Waals surface area contributed by atoms with E-state index in [1.165, 1.54) is 31.4 Å². The van der Waals surface area contributed by atoms with Crippen molar-refractivity contribution in [2.24, 2.45) is 0 Å². The van der Waals surface area contributed by atoms with Crippen LogP contribution in [0.4, 0.5) is 4.39 Å². The molecular weight excluding hydrogens is 335 g/mol. The monoisotopic (exact) mass is 342 g/mol. The normalized spacial score (nSPS) is 10.3. The van der Waals surface area contributed by atoms with Crippen molar-refractivity contribution in [3.63, 3.8) is 0 Å². The third-order valence-electron chi connectivity index (χ3n) is 2.59. The Labute approximate surface area is 123 Å². The summed E-state index contributed by atoms with van der Waals surface area (Å²) in [6.07, 6.45) is 0. The van der Waals surface area contributed by atoms with Gasteiger partial charge in [-0.25, -0.2) is 4.39 Å². The molecule has 0 aliphatic carbocycles. The van der Waals surface area contributed by atoms with Gasteiger partial charge in [-0.05, 0) is 36.4 Å². The van der Waals surface area contributed by atoms with E-state index in [0.717, 1.165) is 0 Å². The van der Waals surface area contributed by atoms with Gasteiger partial charge in [0, 0.05) is 10.0 Å². The Kier molecular flexibility index (Phi) is 4.22. The zero-order valence-corrected chi connectivity index (χ0v) is 12.3. The van der Waals surface area contributed by atoms with Crippen LogP contribution in [0.2, 0.25) is 5.02 Å². The van der Waals surface area contributed by atoms with Gasteiger partial charge in [0.2, 0.25) is 0 Å². The third kappa shape index (κ3) is 2.96. The highest BCUT2D eigenvalue weighted by Gasteiger charge is 2.15. The van der Waals surface area contributed by atoms with Crippen molar-refractivity contribution in [3.8, 4) is 5.75 Å². The Balaban J connectivity index is 2.44. The van der Waals surface area contributed by atoms with E-state index in [-0.39, 0.29) is 5.56 Å². The summed E-state index contributed by atoms with van der Waals surface area (Å²) in [6.45, 7) is 0. The predicted octanol–water partition coefficient (Wildman–Crippen LogP) is 4.48. The molecule has 0 saturated carbocycles. The number of methoxy groups -OCH3 is 1. The molecule has 0 radical (unpaired) electrons. The summed E-state index contributed by atoms with van der Waals surface area (Å²) >= 11 is 9.03. The zero-order valence-electron chi connectivity index (χ0n) is 9.91. The van der Waals surface area contributed by atoms with Crippen molar-refractivity contribution in [1.29, 1.82) is 0 Å². The molecule has 0 saturated heterocycles. The second-order valence-corrected chi connectivity index (χ2v) is 5.13. The largest absolute Gasteiger partial charge is 0.495 e. The van der Waals surface area contributed by atoms with Gasteiger partial charge in [0.05, 0.1) is 17.7 Å². The van der Waals surface area contributed by atoms with Gasteiger partial charge in [-0.3, -0.25) is 4.79 Å². The summed E-state index contributed by atoms with van der Waals surface area (Å²) in [7, 11) is 1.45. The van der Waals surface area contributed by atoms with Crippen LogP contribution in [-0.4, -0.2) is 12.9 Å². The molecule has 0 aromatic heterocycles. The number of rotatable bonds is 3. The van der Waals surface area contributed by atoms with E-state index in [9.17, 15) is 9.18 Å². The Morgan fingerprint density at radius 3 is 2.63 bits per heavy atom. The first-order valence-electron chi connectivity index (χ1n) is 5.36. The molecule has 0 spiro atoms. The molecule has 0 heterocycles. The molecule has 0 aliphatic rings. The van der Waals surface area contributed by atoms with Crippen LogP contribution < -0.4 is 4.74 Å². The van der Waals surface area contributed by atoms with Crippen LogP contribution in [0.1, 0.15) is 15.9 Å². The summed E-state index contributed by atoms with van der Waals surface area (Å²) < 4.78 is 19.4. The molecule has 2 aromatic rings. The maximum absolute atomic E-state index is 13.7. The molecule has 98 valence electrons. The molecule has 0 atom stereocenters. The van der Waals surface area contributed by atoms with E-state index >= 15 is 0 Å². The van der Waals surface area contributed by atoms with Gasteiger partial charge in [-0.2, -0.15) is 0 Å². The van der Waals surface area contributed by atoms with Gasteiger partial charge in [0.15, 0.2) is 5.78 Å². The van der Waals surface area contributed by atoms with Gasteiger partial charge in [0.1, 0.15) is 11.6 Å². The fraction of sp³-hybridized carbons (Fsp3) is 0.0714. The fourth-order valence-corrected chi connectivity index (χ4v) is 2.16. The third-order valence-corrected chi connectivity index (χ3v) is 3.39. The number of carbonyl (C=O) groups excluding carboxylic acids is 1. The number of halogens is 3. The fourth-order valence-electron chi connectivity index (χ4n) is 1.63. The molecule has 0 unspecified atom stereocenters. The lowest BCUT2D eigenvalue weighted by Gasteiger charge is -2.07.